The number of rotatable bonds is 2. The third-order valence-corrected chi connectivity index (χ3v) is 7.04. The summed E-state index contributed by atoms with van der Waals surface area (Å²) in [5.41, 5.74) is -0.107. The molecule has 0 aliphatic carbocycles. The van der Waals surface area contributed by atoms with Crippen LogP contribution in [0.3, 0.4) is 0 Å². The fourth-order valence-corrected chi connectivity index (χ4v) is 5.54. The van der Waals surface area contributed by atoms with Gasteiger partial charge in [-0.15, -0.1) is 0 Å². The lowest BCUT2D eigenvalue weighted by Gasteiger charge is -2.46. The molecule has 2 heterocycles. The first kappa shape index (κ1) is 22.4. The van der Waals surface area contributed by atoms with E-state index in [1.807, 2.05) is 0 Å². The van der Waals surface area contributed by atoms with E-state index in [-0.39, 0.29) is 23.0 Å². The zero-order valence-corrected chi connectivity index (χ0v) is 19.0. The number of imide groups is 1. The van der Waals surface area contributed by atoms with Crippen LogP contribution in [0.2, 0.25) is 10.0 Å². The van der Waals surface area contributed by atoms with Gasteiger partial charge < -0.3 is 10.4 Å². The first-order valence-electron chi connectivity index (χ1n) is 10.4. The maximum Gasteiger partial charge on any atom is 0.418 e. The summed E-state index contributed by atoms with van der Waals surface area (Å²) in [6, 6.07) is 15.8. The van der Waals surface area contributed by atoms with Crippen LogP contribution in [0.4, 0.5) is 14.9 Å². The van der Waals surface area contributed by atoms with Gasteiger partial charge in [-0.25, -0.2) is 14.1 Å². The van der Waals surface area contributed by atoms with E-state index in [1.54, 1.807) is 42.5 Å². The maximum absolute atomic E-state index is 14.3. The average Bonchev–Trinajstić information content (AvgIpc) is 3.04. The molecular formula is C25H17Cl2FN2O4. The van der Waals surface area contributed by atoms with Gasteiger partial charge in [0.2, 0.25) is 11.8 Å². The topological polar surface area (TPSA) is 86.7 Å². The fraction of sp³-hybridized carbons (Fsp3) is 0.160. The number of hydrogen-bond acceptors (Lipinski definition) is 3. The van der Waals surface area contributed by atoms with E-state index in [4.69, 9.17) is 23.2 Å². The van der Waals surface area contributed by atoms with Crippen molar-refractivity contribution in [1.29, 1.82) is 0 Å². The lowest BCUT2D eigenvalue weighted by molar-refractivity contribution is -0.132. The Bertz CT molecular complexity index is 1350. The molecule has 0 aromatic heterocycles. The van der Waals surface area contributed by atoms with Crippen LogP contribution >= 0.6 is 23.2 Å². The molecule has 1 saturated heterocycles. The molecule has 2 aliphatic heterocycles. The van der Waals surface area contributed by atoms with E-state index in [9.17, 15) is 23.9 Å². The minimum Gasteiger partial charge on any atom is -0.464 e. The minimum absolute atomic E-state index is 0.0886. The van der Waals surface area contributed by atoms with Gasteiger partial charge in [-0.2, -0.15) is 0 Å². The van der Waals surface area contributed by atoms with Gasteiger partial charge in [0.25, 0.3) is 0 Å². The lowest BCUT2D eigenvalue weighted by atomic mass is 9.59. The number of hydrogen-bond donors (Lipinski definition) is 2. The Morgan fingerprint density at radius 2 is 1.71 bits per heavy atom. The molecule has 2 aliphatic rings. The molecule has 172 valence electrons. The van der Waals surface area contributed by atoms with E-state index in [0.717, 1.165) is 0 Å². The largest absolute Gasteiger partial charge is 0.464 e. The highest BCUT2D eigenvalue weighted by Crippen LogP contribution is 2.59. The number of carbonyl (C=O) groups excluding carboxylic acids is 2. The van der Waals surface area contributed by atoms with Crippen molar-refractivity contribution in [3.8, 4) is 0 Å². The van der Waals surface area contributed by atoms with Gasteiger partial charge in [0, 0.05) is 22.4 Å². The number of piperidine rings is 1. The number of fused-ring (bicyclic) bond motifs is 2. The summed E-state index contributed by atoms with van der Waals surface area (Å²) in [5.74, 6) is -2.40. The molecular weight excluding hydrogens is 482 g/mol. The van der Waals surface area contributed by atoms with Gasteiger partial charge in [-0.3, -0.25) is 9.59 Å². The van der Waals surface area contributed by atoms with E-state index in [0.29, 0.717) is 26.6 Å². The van der Waals surface area contributed by atoms with Crippen molar-refractivity contribution in [1.82, 2.24) is 5.32 Å². The molecule has 34 heavy (non-hydrogen) atoms. The Morgan fingerprint density at radius 1 is 1.00 bits per heavy atom. The molecule has 3 atom stereocenters. The molecule has 0 bridgehead atoms. The van der Waals surface area contributed by atoms with E-state index >= 15 is 0 Å². The van der Waals surface area contributed by atoms with Gasteiger partial charge in [0.15, 0.2) is 0 Å². The van der Waals surface area contributed by atoms with Gasteiger partial charge in [0.05, 0.1) is 11.7 Å². The summed E-state index contributed by atoms with van der Waals surface area (Å²) in [7, 11) is 0. The van der Waals surface area contributed by atoms with Crippen LogP contribution in [0.25, 0.3) is 0 Å². The van der Waals surface area contributed by atoms with Gasteiger partial charge in [0.1, 0.15) is 11.2 Å². The Balaban J connectivity index is 1.86. The van der Waals surface area contributed by atoms with Gasteiger partial charge >= 0.3 is 6.09 Å². The minimum atomic E-state index is -1.58. The number of halogens is 3. The quantitative estimate of drug-likeness (QED) is 0.492. The van der Waals surface area contributed by atoms with Gasteiger partial charge in [-0.1, -0.05) is 53.5 Å². The first-order chi connectivity index (χ1) is 16.2. The molecule has 5 rings (SSSR count). The molecule has 6 nitrogen and oxygen atoms in total. The van der Waals surface area contributed by atoms with Crippen molar-refractivity contribution in [3.05, 3.63) is 99.3 Å². The zero-order valence-electron chi connectivity index (χ0n) is 17.5. The van der Waals surface area contributed by atoms with Crippen molar-refractivity contribution < 1.29 is 23.9 Å². The van der Waals surface area contributed by atoms with E-state index in [2.05, 4.69) is 5.32 Å². The zero-order chi connectivity index (χ0) is 24.2. The van der Waals surface area contributed by atoms with Crippen LogP contribution in [-0.2, 0) is 15.0 Å². The molecule has 0 saturated carbocycles. The Hall–Kier alpha value is -3.42. The van der Waals surface area contributed by atoms with Crippen LogP contribution in [0, 0.1) is 5.82 Å². The molecule has 0 radical (unpaired) electrons. The second kappa shape index (κ2) is 8.11. The smallest absolute Gasteiger partial charge is 0.418 e. The number of carbonyl (C=O) groups is 3. The number of amides is 3. The third kappa shape index (κ3) is 3.27. The standard InChI is InChI=1S/C25H17Cl2FN2O4/c26-15-6-4-13(5-7-15)19-12-21(31)29-22(14-2-1-3-17(28)10-14)25(19)18-9-8-16(27)11-20(18)30(23(25)32)24(33)34/h1-11,19,22H,12H2,(H,29,31)(H,33,34). The highest BCUT2D eigenvalue weighted by molar-refractivity contribution is 6.32. The maximum atomic E-state index is 14.3. The SMILES string of the molecule is O=C1CC(c2ccc(Cl)cc2)C2(C(=O)N(C(=O)O)c3cc(Cl)ccc32)C(c2cccc(F)c2)N1. The summed E-state index contributed by atoms with van der Waals surface area (Å²) in [6.07, 6.45) is -1.57. The molecule has 2 N–H and O–H groups in total. The fourth-order valence-electron chi connectivity index (χ4n) is 5.24. The van der Waals surface area contributed by atoms with Crippen molar-refractivity contribution in [2.24, 2.45) is 0 Å². The first-order valence-corrected chi connectivity index (χ1v) is 11.2. The number of carboxylic acid groups (broad SMARTS) is 1. The van der Waals surface area contributed by atoms with Crippen LogP contribution in [-0.4, -0.2) is 23.0 Å². The molecule has 9 heteroatoms. The van der Waals surface area contributed by atoms with Crippen molar-refractivity contribution >= 4 is 46.8 Å². The number of nitrogens with one attached hydrogen (secondary N) is 1. The third-order valence-electron chi connectivity index (χ3n) is 6.55. The average molecular weight is 499 g/mol. The number of nitrogens with zero attached hydrogens (tertiary/aromatic N) is 1. The highest BCUT2D eigenvalue weighted by atomic mass is 35.5. The van der Waals surface area contributed by atoms with Crippen LogP contribution in [0.5, 0.6) is 0 Å². The molecule has 1 fully saturated rings. The van der Waals surface area contributed by atoms with Crippen molar-refractivity contribution in [3.63, 3.8) is 0 Å². The summed E-state index contributed by atoms with van der Waals surface area (Å²) >= 11 is 12.2. The van der Waals surface area contributed by atoms with Crippen LogP contribution < -0.4 is 10.2 Å². The number of benzene rings is 3. The lowest BCUT2D eigenvalue weighted by Crippen LogP contribution is -2.58. The van der Waals surface area contributed by atoms with Crippen molar-refractivity contribution in [2.45, 2.75) is 23.8 Å². The monoisotopic (exact) mass is 498 g/mol. The molecule has 3 unspecified atom stereocenters. The molecule has 3 aromatic rings. The second-order valence-corrected chi connectivity index (χ2v) is 9.19. The second-order valence-electron chi connectivity index (χ2n) is 8.32. The van der Waals surface area contributed by atoms with Crippen LogP contribution in [0.15, 0.2) is 66.7 Å². The molecule has 3 amide bonds. The normalized spacial score (nSPS) is 23.7. The van der Waals surface area contributed by atoms with Crippen molar-refractivity contribution in [2.75, 3.05) is 4.90 Å². The Morgan fingerprint density at radius 3 is 2.38 bits per heavy atom. The predicted molar refractivity (Wildman–Crippen MR) is 125 cm³/mol. The summed E-state index contributed by atoms with van der Waals surface area (Å²) in [5, 5.41) is 13.5. The summed E-state index contributed by atoms with van der Waals surface area (Å²) < 4.78 is 14.3. The number of anilines is 1. The van der Waals surface area contributed by atoms with Crippen LogP contribution in [0.1, 0.15) is 35.1 Å². The van der Waals surface area contributed by atoms with E-state index < -0.39 is 35.2 Å². The summed E-state index contributed by atoms with van der Waals surface area (Å²) in [4.78, 5) is 40.0. The van der Waals surface area contributed by atoms with E-state index in [1.165, 1.54) is 24.3 Å². The summed E-state index contributed by atoms with van der Waals surface area (Å²) in [6.45, 7) is 0. The van der Waals surface area contributed by atoms with Gasteiger partial charge in [-0.05, 0) is 53.1 Å². The predicted octanol–water partition coefficient (Wildman–Crippen LogP) is 5.44. The molecule has 3 aromatic carbocycles. The Kier molecular flexibility index (Phi) is 5.34. The Labute approximate surface area is 203 Å². The molecule has 1 spiro atoms. The highest BCUT2D eigenvalue weighted by Gasteiger charge is 2.64.